The number of hydrogen-bond acceptors (Lipinski definition) is 6. The zero-order chi connectivity index (χ0) is 14.5. The summed E-state index contributed by atoms with van der Waals surface area (Å²) in [6.07, 6.45) is -0.780. The second-order valence-corrected chi connectivity index (χ2v) is 6.47. The van der Waals surface area contributed by atoms with E-state index in [1.54, 1.807) is 6.92 Å². The Morgan fingerprint density at radius 3 is 3.00 bits per heavy atom. The number of alkyl halides is 1. The predicted molar refractivity (Wildman–Crippen MR) is 67.9 cm³/mol. The van der Waals surface area contributed by atoms with Crippen LogP contribution in [0.5, 0.6) is 0 Å². The van der Waals surface area contributed by atoms with Gasteiger partial charge >= 0.3 is 13.9 Å². The molecule has 8 nitrogen and oxygen atoms in total. The maximum atomic E-state index is 11.8. The first-order valence-electron chi connectivity index (χ1n) is 5.82. The van der Waals surface area contributed by atoms with Gasteiger partial charge in [-0.2, -0.15) is 0 Å². The van der Waals surface area contributed by atoms with Gasteiger partial charge in [0, 0.05) is 16.8 Å². The molecule has 10 heteroatoms. The van der Waals surface area contributed by atoms with Gasteiger partial charge in [0.15, 0.2) is 12.3 Å². The molecule has 0 radical (unpaired) electrons. The van der Waals surface area contributed by atoms with E-state index in [2.05, 4.69) is 4.98 Å². The lowest BCUT2D eigenvalue weighted by Crippen LogP contribution is -2.44. The van der Waals surface area contributed by atoms with Gasteiger partial charge in [-0.1, -0.05) is 0 Å². The smallest absolute Gasteiger partial charge is 0.347 e. The van der Waals surface area contributed by atoms with E-state index in [0.29, 0.717) is 0 Å². The van der Waals surface area contributed by atoms with Crippen LogP contribution >= 0.6 is 19.9 Å². The molecule has 2 fully saturated rings. The average molecular weight is 322 g/mol. The van der Waals surface area contributed by atoms with Crippen LogP contribution in [-0.4, -0.2) is 33.2 Å². The second-order valence-electron chi connectivity index (χ2n) is 4.74. The number of aromatic nitrogens is 2. The van der Waals surface area contributed by atoms with Crippen molar-refractivity contribution in [1.82, 2.24) is 9.55 Å². The lowest BCUT2D eigenvalue weighted by atomic mass is 10.0. The highest BCUT2D eigenvalue weighted by Crippen LogP contribution is 2.50. The number of halogens is 1. The van der Waals surface area contributed by atoms with E-state index in [1.165, 1.54) is 16.8 Å². The lowest BCUT2D eigenvalue weighted by molar-refractivity contribution is -0.0551. The standard InChI is InChI=1S/C10H10ClN2O6P/c1-10(11)7-5(4-17-20(16)19-7)18-8(10)13-3-2-6(14)12-9(13)15/h2-3,5,7-8H,4H2,1H3/p+1/t5?,7?,8-,10-/m1/s1. The summed E-state index contributed by atoms with van der Waals surface area (Å²) < 4.78 is 28.2. The molecule has 0 bridgehead atoms. The Morgan fingerprint density at radius 2 is 2.30 bits per heavy atom. The molecular weight excluding hydrogens is 311 g/mol. The number of fused-ring (bicyclic) bond motifs is 1. The molecule has 3 heterocycles. The molecule has 108 valence electrons. The monoisotopic (exact) mass is 321 g/mol. The summed E-state index contributed by atoms with van der Waals surface area (Å²) in [6.45, 7) is 1.69. The van der Waals surface area contributed by atoms with Crippen LogP contribution in [0.4, 0.5) is 0 Å². The van der Waals surface area contributed by atoms with Crippen molar-refractivity contribution in [2.24, 2.45) is 0 Å². The van der Waals surface area contributed by atoms with Crippen LogP contribution in [0.2, 0.25) is 0 Å². The molecule has 1 aromatic heterocycles. The predicted octanol–water partition coefficient (Wildman–Crippen LogP) is 0.504. The molecule has 3 rings (SSSR count). The Bertz CT molecular complexity index is 670. The largest absolute Gasteiger partial charge is 0.697 e. The summed E-state index contributed by atoms with van der Waals surface area (Å²) in [7, 11) is -2.24. The first-order valence-corrected chi connectivity index (χ1v) is 7.30. The van der Waals surface area contributed by atoms with Crippen LogP contribution in [0, 0.1) is 0 Å². The van der Waals surface area contributed by atoms with E-state index >= 15 is 0 Å². The van der Waals surface area contributed by atoms with Crippen molar-refractivity contribution >= 4 is 19.9 Å². The maximum Gasteiger partial charge on any atom is 0.697 e. The fourth-order valence-corrected chi connectivity index (χ4v) is 3.65. The third-order valence-corrected chi connectivity index (χ3v) is 4.49. The second kappa shape index (κ2) is 4.75. The summed E-state index contributed by atoms with van der Waals surface area (Å²) in [5.74, 6) is 0. The molecule has 0 aromatic carbocycles. The van der Waals surface area contributed by atoms with Crippen molar-refractivity contribution < 1.29 is 18.3 Å². The van der Waals surface area contributed by atoms with Crippen LogP contribution in [0.1, 0.15) is 13.2 Å². The minimum Gasteiger partial charge on any atom is -0.347 e. The van der Waals surface area contributed by atoms with Gasteiger partial charge in [0.1, 0.15) is 17.6 Å². The van der Waals surface area contributed by atoms with E-state index in [-0.39, 0.29) is 6.61 Å². The molecule has 0 spiro atoms. The van der Waals surface area contributed by atoms with Crippen molar-refractivity contribution in [3.8, 4) is 0 Å². The fourth-order valence-electron chi connectivity index (χ4n) is 2.38. The molecule has 1 N–H and O–H groups in total. The van der Waals surface area contributed by atoms with Crippen molar-refractivity contribution in [1.29, 1.82) is 0 Å². The Kier molecular flexibility index (Phi) is 3.30. The molecule has 0 aliphatic carbocycles. The Labute approximate surface area is 118 Å². The maximum absolute atomic E-state index is 11.8. The zero-order valence-electron chi connectivity index (χ0n) is 10.3. The van der Waals surface area contributed by atoms with Crippen molar-refractivity contribution in [3.05, 3.63) is 33.1 Å². The number of rotatable bonds is 1. The van der Waals surface area contributed by atoms with E-state index in [1.807, 2.05) is 0 Å². The van der Waals surface area contributed by atoms with Crippen LogP contribution < -0.4 is 11.2 Å². The third kappa shape index (κ3) is 2.13. The van der Waals surface area contributed by atoms with E-state index in [9.17, 15) is 14.2 Å². The lowest BCUT2D eigenvalue weighted by Gasteiger charge is -2.26. The molecule has 3 unspecified atom stereocenters. The summed E-state index contributed by atoms with van der Waals surface area (Å²) in [5.41, 5.74) is -1.15. The summed E-state index contributed by atoms with van der Waals surface area (Å²) in [5, 5.41) is 0. The number of aromatic amines is 1. The number of nitrogens with one attached hydrogen (secondary N) is 1. The molecule has 5 atom stereocenters. The Morgan fingerprint density at radius 1 is 1.55 bits per heavy atom. The van der Waals surface area contributed by atoms with Crippen LogP contribution in [0.15, 0.2) is 21.9 Å². The molecule has 2 aliphatic rings. The van der Waals surface area contributed by atoms with Gasteiger partial charge in [0.2, 0.25) is 0 Å². The van der Waals surface area contributed by atoms with E-state index < -0.39 is 42.8 Å². The first kappa shape index (κ1) is 13.9. The number of H-pyrrole nitrogens is 1. The van der Waals surface area contributed by atoms with Gasteiger partial charge in [-0.05, 0) is 6.92 Å². The molecule has 1 aromatic rings. The van der Waals surface area contributed by atoms with Gasteiger partial charge in [0.25, 0.3) is 5.56 Å². The number of nitrogens with zero attached hydrogens (tertiary/aromatic N) is 1. The molecule has 2 saturated heterocycles. The minimum absolute atomic E-state index is 0.0663. The van der Waals surface area contributed by atoms with Crippen molar-refractivity contribution in [2.75, 3.05) is 6.61 Å². The number of ether oxygens (including phenoxy) is 1. The zero-order valence-corrected chi connectivity index (χ0v) is 12.0. The highest BCUT2D eigenvalue weighted by Gasteiger charge is 2.61. The summed E-state index contributed by atoms with van der Waals surface area (Å²) in [4.78, 5) is 23.9. The van der Waals surface area contributed by atoms with Gasteiger partial charge < -0.3 is 4.74 Å². The van der Waals surface area contributed by atoms with Crippen molar-refractivity contribution in [2.45, 2.75) is 30.2 Å². The highest BCUT2D eigenvalue weighted by molar-refractivity contribution is 7.33. The topological polar surface area (TPSA) is 99.6 Å². The third-order valence-electron chi connectivity index (χ3n) is 3.33. The SMILES string of the molecule is C[C@@]1(Cl)C2O[P+](=O)OCC2O[C@H]1n1ccc(=O)[nH]c1=O. The minimum atomic E-state index is -2.24. The van der Waals surface area contributed by atoms with Crippen LogP contribution in [0.3, 0.4) is 0 Å². The summed E-state index contributed by atoms with van der Waals surface area (Å²) in [6, 6.07) is 1.19. The van der Waals surface area contributed by atoms with Gasteiger partial charge in [-0.25, -0.2) is 4.79 Å². The molecule has 2 aliphatic heterocycles. The van der Waals surface area contributed by atoms with Crippen LogP contribution in [0.25, 0.3) is 0 Å². The van der Waals surface area contributed by atoms with Gasteiger partial charge in [0.05, 0.1) is 0 Å². The van der Waals surface area contributed by atoms with Gasteiger partial charge in [-0.15, -0.1) is 20.6 Å². The molecular formula is C10H11ClN2O6P+. The number of hydrogen-bond donors (Lipinski definition) is 1. The molecule has 0 saturated carbocycles. The molecule has 20 heavy (non-hydrogen) atoms. The van der Waals surface area contributed by atoms with Crippen molar-refractivity contribution in [3.63, 3.8) is 0 Å². The fraction of sp³-hybridized carbons (Fsp3) is 0.600. The first-order chi connectivity index (χ1) is 9.39. The highest BCUT2D eigenvalue weighted by atomic mass is 35.5. The quantitative estimate of drug-likeness (QED) is 0.597. The summed E-state index contributed by atoms with van der Waals surface area (Å²) >= 11 is 6.43. The van der Waals surface area contributed by atoms with E-state index in [4.69, 9.17) is 25.4 Å². The van der Waals surface area contributed by atoms with E-state index in [0.717, 1.165) is 0 Å². The molecule has 0 amide bonds. The Hall–Kier alpha value is -1.05. The Balaban J connectivity index is 2.00. The van der Waals surface area contributed by atoms with Crippen LogP contribution in [-0.2, 0) is 18.3 Å². The normalized spacial score (nSPS) is 38.7. The van der Waals surface area contributed by atoms with Gasteiger partial charge in [-0.3, -0.25) is 14.3 Å². The average Bonchev–Trinajstić information content (AvgIpc) is 2.62.